The van der Waals surface area contributed by atoms with Gasteiger partial charge in [-0.3, -0.25) is 14.8 Å². The van der Waals surface area contributed by atoms with Gasteiger partial charge in [0.15, 0.2) is 0 Å². The number of ether oxygens (including phenoxy) is 1. The molecule has 1 aliphatic carbocycles. The molecular weight excluding hydrogens is 383 g/mol. The first-order chi connectivity index (χ1) is 14.6. The Balaban J connectivity index is 1.23. The molecule has 1 amide bonds. The molecular formula is C23H31FN4O2. The van der Waals surface area contributed by atoms with Crippen LogP contribution in [0, 0.1) is 5.82 Å². The average Bonchev–Trinajstić information content (AvgIpc) is 3.22. The van der Waals surface area contributed by atoms with E-state index < -0.39 is 0 Å². The molecule has 2 atom stereocenters. The Morgan fingerprint density at radius 2 is 2.10 bits per heavy atom. The normalized spacial score (nSPS) is 21.6. The van der Waals surface area contributed by atoms with Crippen molar-refractivity contribution >= 4 is 5.91 Å². The fraction of sp³-hybridized carbons (Fsp3) is 0.565. The van der Waals surface area contributed by atoms with Crippen LogP contribution in [0.2, 0.25) is 0 Å². The van der Waals surface area contributed by atoms with Crippen molar-refractivity contribution < 1.29 is 13.9 Å². The summed E-state index contributed by atoms with van der Waals surface area (Å²) in [7, 11) is 2.01. The largest absolute Gasteiger partial charge is 0.374 e. The highest BCUT2D eigenvalue weighted by Gasteiger charge is 2.36. The highest BCUT2D eigenvalue weighted by Crippen LogP contribution is 2.28. The van der Waals surface area contributed by atoms with Crippen LogP contribution >= 0.6 is 0 Å². The number of aromatic nitrogens is 2. The number of likely N-dealkylation sites (N-methyl/N-ethyl adjacent to an activating group) is 1. The Hall–Kier alpha value is -2.25. The molecule has 4 rings (SSSR count). The molecule has 0 bridgehead atoms. The lowest BCUT2D eigenvalue weighted by Gasteiger charge is -2.44. The Morgan fingerprint density at radius 1 is 1.30 bits per heavy atom. The lowest BCUT2D eigenvalue weighted by atomic mass is 9.90. The predicted octanol–water partition coefficient (Wildman–Crippen LogP) is 3.25. The zero-order valence-corrected chi connectivity index (χ0v) is 17.6. The average molecular weight is 415 g/mol. The number of carbonyl (C=O) groups is 1. The van der Waals surface area contributed by atoms with Crippen LogP contribution < -0.4 is 0 Å². The number of H-pyrrole nitrogens is 1. The maximum atomic E-state index is 13.1. The fourth-order valence-corrected chi connectivity index (χ4v) is 4.60. The van der Waals surface area contributed by atoms with Crippen LogP contribution in [0.5, 0.6) is 0 Å². The van der Waals surface area contributed by atoms with E-state index in [-0.39, 0.29) is 23.9 Å². The number of aromatic amines is 1. The molecule has 1 saturated heterocycles. The van der Waals surface area contributed by atoms with Crippen molar-refractivity contribution in [2.24, 2.45) is 0 Å². The molecule has 1 aromatic carbocycles. The molecule has 0 radical (unpaired) electrons. The van der Waals surface area contributed by atoms with Crippen molar-refractivity contribution in [2.45, 2.75) is 50.7 Å². The maximum absolute atomic E-state index is 13.1. The van der Waals surface area contributed by atoms with Crippen LogP contribution in [0.3, 0.4) is 0 Å². The van der Waals surface area contributed by atoms with Gasteiger partial charge in [0.2, 0.25) is 5.91 Å². The number of hydrogen-bond acceptors (Lipinski definition) is 4. The Bertz CT molecular complexity index is 836. The highest BCUT2D eigenvalue weighted by molar-refractivity contribution is 5.78. The van der Waals surface area contributed by atoms with Gasteiger partial charge in [0, 0.05) is 17.8 Å². The summed E-state index contributed by atoms with van der Waals surface area (Å²) in [6.07, 6.45) is 6.56. The van der Waals surface area contributed by atoms with Crippen LogP contribution in [0.15, 0.2) is 30.3 Å². The highest BCUT2D eigenvalue weighted by atomic mass is 19.1. The molecule has 1 saturated carbocycles. The number of halogens is 1. The second kappa shape index (κ2) is 9.71. The molecule has 6 nitrogen and oxygen atoms in total. The van der Waals surface area contributed by atoms with E-state index in [0.717, 1.165) is 49.2 Å². The number of morpholine rings is 1. The minimum atomic E-state index is -0.247. The predicted molar refractivity (Wildman–Crippen MR) is 114 cm³/mol. The maximum Gasteiger partial charge on any atom is 0.237 e. The number of benzene rings is 1. The first kappa shape index (κ1) is 21.0. The van der Waals surface area contributed by atoms with Gasteiger partial charge < -0.3 is 9.64 Å². The second-order valence-corrected chi connectivity index (χ2v) is 8.47. The minimum Gasteiger partial charge on any atom is -0.374 e. The van der Waals surface area contributed by atoms with Crippen molar-refractivity contribution in [3.05, 3.63) is 41.8 Å². The van der Waals surface area contributed by atoms with Gasteiger partial charge >= 0.3 is 0 Å². The molecule has 2 aliphatic rings. The number of rotatable bonds is 7. The Kier molecular flexibility index (Phi) is 6.79. The smallest absolute Gasteiger partial charge is 0.237 e. The summed E-state index contributed by atoms with van der Waals surface area (Å²) >= 11 is 0. The van der Waals surface area contributed by atoms with E-state index in [2.05, 4.69) is 20.0 Å². The Morgan fingerprint density at radius 3 is 2.93 bits per heavy atom. The van der Waals surface area contributed by atoms with Crippen LogP contribution in [0.1, 0.15) is 37.8 Å². The summed E-state index contributed by atoms with van der Waals surface area (Å²) in [5.74, 6) is -0.0268. The number of aryl methyl sites for hydroxylation is 1. The van der Waals surface area contributed by atoms with E-state index in [1.807, 2.05) is 13.1 Å². The molecule has 2 unspecified atom stereocenters. The SMILES string of the molecule is CN(CCCc1cc(-c2ccc(F)cc2)n[nH]1)CC(=O)N1CCOC2CCCCC21. The number of amides is 1. The van der Waals surface area contributed by atoms with Crippen molar-refractivity contribution in [1.82, 2.24) is 20.0 Å². The second-order valence-electron chi connectivity index (χ2n) is 8.47. The van der Waals surface area contributed by atoms with Gasteiger partial charge in [0.1, 0.15) is 5.82 Å². The van der Waals surface area contributed by atoms with Crippen molar-refractivity contribution in [2.75, 3.05) is 33.3 Å². The summed E-state index contributed by atoms with van der Waals surface area (Å²) in [5.41, 5.74) is 2.77. The van der Waals surface area contributed by atoms with Crippen molar-refractivity contribution in [3.63, 3.8) is 0 Å². The first-order valence-corrected chi connectivity index (χ1v) is 11.0. The van der Waals surface area contributed by atoms with Gasteiger partial charge in [0.25, 0.3) is 0 Å². The van der Waals surface area contributed by atoms with E-state index in [9.17, 15) is 9.18 Å². The third-order valence-corrected chi connectivity index (χ3v) is 6.21. The summed E-state index contributed by atoms with van der Waals surface area (Å²) in [6, 6.07) is 8.63. The van der Waals surface area contributed by atoms with E-state index >= 15 is 0 Å². The van der Waals surface area contributed by atoms with Crippen LogP contribution in [0.4, 0.5) is 4.39 Å². The molecule has 2 fully saturated rings. The minimum absolute atomic E-state index is 0.220. The van der Waals surface area contributed by atoms with Crippen molar-refractivity contribution in [3.8, 4) is 11.3 Å². The zero-order chi connectivity index (χ0) is 20.9. The topological polar surface area (TPSA) is 61.5 Å². The van der Waals surface area contributed by atoms with Crippen LogP contribution in [0.25, 0.3) is 11.3 Å². The lowest BCUT2D eigenvalue weighted by molar-refractivity contribution is -0.150. The van der Waals surface area contributed by atoms with E-state index in [1.54, 1.807) is 12.1 Å². The molecule has 1 aromatic heterocycles. The third kappa shape index (κ3) is 5.08. The number of fused-ring (bicyclic) bond motifs is 1. The van der Waals surface area contributed by atoms with Gasteiger partial charge in [-0.1, -0.05) is 12.8 Å². The van der Waals surface area contributed by atoms with Gasteiger partial charge in [-0.15, -0.1) is 0 Å². The molecule has 7 heteroatoms. The fourth-order valence-electron chi connectivity index (χ4n) is 4.60. The first-order valence-electron chi connectivity index (χ1n) is 11.0. The van der Waals surface area contributed by atoms with Gasteiger partial charge in [0.05, 0.1) is 31.0 Å². The molecule has 2 aromatic rings. The summed E-state index contributed by atoms with van der Waals surface area (Å²) in [5, 5.41) is 7.39. The summed E-state index contributed by atoms with van der Waals surface area (Å²) < 4.78 is 19.0. The van der Waals surface area contributed by atoms with Gasteiger partial charge in [-0.05, 0) is 69.6 Å². The quantitative estimate of drug-likeness (QED) is 0.756. The zero-order valence-electron chi connectivity index (χ0n) is 17.6. The molecule has 1 aliphatic heterocycles. The van der Waals surface area contributed by atoms with Crippen molar-refractivity contribution in [1.29, 1.82) is 0 Å². The molecule has 2 heterocycles. The number of carbonyl (C=O) groups excluding carboxylic acids is 1. The molecule has 1 N–H and O–H groups in total. The van der Waals surface area contributed by atoms with Crippen LogP contribution in [-0.4, -0.2) is 71.3 Å². The van der Waals surface area contributed by atoms with E-state index in [0.29, 0.717) is 19.7 Å². The molecule has 0 spiro atoms. The monoisotopic (exact) mass is 414 g/mol. The standard InChI is InChI=1S/C23H31FN4O2/c1-27(16-23(29)28-13-14-30-22-7-3-2-6-21(22)28)12-4-5-19-15-20(26-25-19)17-8-10-18(24)11-9-17/h8-11,15,21-22H,2-7,12-14,16H2,1H3,(H,25,26). The number of hydrogen-bond donors (Lipinski definition) is 1. The van der Waals surface area contributed by atoms with Crippen LogP contribution in [-0.2, 0) is 16.0 Å². The Labute approximate surface area is 177 Å². The third-order valence-electron chi connectivity index (χ3n) is 6.21. The lowest BCUT2D eigenvalue weighted by Crippen LogP contribution is -2.56. The molecule has 30 heavy (non-hydrogen) atoms. The van der Waals surface area contributed by atoms with E-state index in [1.165, 1.54) is 25.0 Å². The summed E-state index contributed by atoms with van der Waals surface area (Å²) in [6.45, 7) is 2.67. The van der Waals surface area contributed by atoms with E-state index in [4.69, 9.17) is 4.74 Å². The molecule has 162 valence electrons. The van der Waals surface area contributed by atoms with Gasteiger partial charge in [-0.2, -0.15) is 5.10 Å². The summed E-state index contributed by atoms with van der Waals surface area (Å²) in [4.78, 5) is 17.0. The van der Waals surface area contributed by atoms with Gasteiger partial charge in [-0.25, -0.2) is 4.39 Å². The number of nitrogens with one attached hydrogen (secondary N) is 1. The number of nitrogens with zero attached hydrogens (tertiary/aromatic N) is 3.